The molecule has 0 aliphatic rings. The molecule has 0 atom stereocenters. The third-order valence-electron chi connectivity index (χ3n) is 3.21. The number of para-hydroxylation sites is 1. The van der Waals surface area contributed by atoms with Crippen LogP contribution in [0.2, 0.25) is 5.15 Å². The third-order valence-corrected chi connectivity index (χ3v) is 3.41. The summed E-state index contributed by atoms with van der Waals surface area (Å²) >= 11 is 6.09. The van der Waals surface area contributed by atoms with Crippen molar-refractivity contribution in [2.45, 2.75) is 46.0 Å². The smallest absolute Gasteiger partial charge is 0.135 e. The monoisotopic (exact) mass is 303 g/mol. The molecule has 3 nitrogen and oxygen atoms in total. The molecule has 2 aromatic rings. The van der Waals surface area contributed by atoms with Crippen LogP contribution < -0.4 is 5.32 Å². The predicted octanol–water partition coefficient (Wildman–Crippen LogP) is 5.12. The lowest BCUT2D eigenvalue weighted by molar-refractivity contribution is 0.592. The summed E-state index contributed by atoms with van der Waals surface area (Å²) in [6, 6.07) is 10.0. The molecule has 1 N–H and O–H groups in total. The van der Waals surface area contributed by atoms with Crippen molar-refractivity contribution in [2.24, 2.45) is 0 Å². The number of rotatable bonds is 4. The molecule has 0 spiro atoms. The molecule has 0 saturated heterocycles. The minimum atomic E-state index is 0.0622. The number of hydrogen-bond donors (Lipinski definition) is 1. The van der Waals surface area contributed by atoms with E-state index in [1.807, 2.05) is 6.07 Å². The van der Waals surface area contributed by atoms with Gasteiger partial charge in [-0.05, 0) is 23.5 Å². The maximum atomic E-state index is 6.09. The lowest BCUT2D eigenvalue weighted by Crippen LogP contribution is -2.14. The number of aryl methyl sites for hydroxylation is 1. The van der Waals surface area contributed by atoms with Crippen LogP contribution in [0.4, 0.5) is 11.5 Å². The van der Waals surface area contributed by atoms with E-state index in [9.17, 15) is 0 Å². The Morgan fingerprint density at radius 1 is 1.14 bits per heavy atom. The van der Waals surface area contributed by atoms with E-state index in [-0.39, 0.29) is 5.41 Å². The molecular formula is C17H22ClN3. The summed E-state index contributed by atoms with van der Waals surface area (Å²) in [5.74, 6) is 1.52. The summed E-state index contributed by atoms with van der Waals surface area (Å²) in [5, 5.41) is 3.86. The van der Waals surface area contributed by atoms with Gasteiger partial charge in [0.15, 0.2) is 0 Å². The summed E-state index contributed by atoms with van der Waals surface area (Å²) < 4.78 is 0. The molecule has 0 aliphatic carbocycles. The molecule has 21 heavy (non-hydrogen) atoms. The fraction of sp³-hybridized carbons (Fsp3) is 0.412. The first kappa shape index (κ1) is 15.8. The fourth-order valence-electron chi connectivity index (χ4n) is 2.25. The van der Waals surface area contributed by atoms with Gasteiger partial charge in [0.2, 0.25) is 0 Å². The molecule has 0 fully saturated rings. The number of aromatic nitrogens is 2. The summed E-state index contributed by atoms with van der Waals surface area (Å²) in [6.07, 6.45) is 1.83. The van der Waals surface area contributed by atoms with E-state index < -0.39 is 0 Å². The van der Waals surface area contributed by atoms with Gasteiger partial charge in [0.1, 0.15) is 16.8 Å². The van der Waals surface area contributed by atoms with E-state index in [0.29, 0.717) is 5.15 Å². The topological polar surface area (TPSA) is 37.8 Å². The predicted molar refractivity (Wildman–Crippen MR) is 89.5 cm³/mol. The van der Waals surface area contributed by atoms with E-state index in [4.69, 9.17) is 11.6 Å². The zero-order valence-corrected chi connectivity index (χ0v) is 13.8. The van der Waals surface area contributed by atoms with Crippen LogP contribution in [0.1, 0.15) is 45.5 Å². The van der Waals surface area contributed by atoms with E-state index in [0.717, 1.165) is 30.2 Å². The zero-order valence-electron chi connectivity index (χ0n) is 13.1. The van der Waals surface area contributed by atoms with Gasteiger partial charge in [-0.1, -0.05) is 57.5 Å². The number of halogens is 1. The highest BCUT2D eigenvalue weighted by atomic mass is 35.5. The molecule has 112 valence electrons. The largest absolute Gasteiger partial charge is 0.340 e. The standard InChI is InChI=1S/C17H22ClN3/c1-5-8-15-20-14(18)11-16(21-15)19-13-10-7-6-9-12(13)17(2,3)4/h6-7,9-11H,5,8H2,1-4H3,(H,19,20,21). The van der Waals surface area contributed by atoms with Crippen LogP contribution in [-0.2, 0) is 11.8 Å². The molecule has 1 aromatic carbocycles. The SMILES string of the molecule is CCCc1nc(Cl)cc(Nc2ccccc2C(C)(C)C)n1. The lowest BCUT2D eigenvalue weighted by Gasteiger charge is -2.23. The number of hydrogen-bond acceptors (Lipinski definition) is 3. The second-order valence-electron chi connectivity index (χ2n) is 6.16. The van der Waals surface area contributed by atoms with Gasteiger partial charge in [0, 0.05) is 18.2 Å². The zero-order chi connectivity index (χ0) is 15.5. The Balaban J connectivity index is 2.35. The molecule has 4 heteroatoms. The van der Waals surface area contributed by atoms with Gasteiger partial charge >= 0.3 is 0 Å². The van der Waals surface area contributed by atoms with Gasteiger partial charge in [0.25, 0.3) is 0 Å². The Morgan fingerprint density at radius 2 is 1.86 bits per heavy atom. The Kier molecular flexibility index (Phi) is 4.84. The molecule has 0 aliphatic heterocycles. The van der Waals surface area contributed by atoms with Crippen molar-refractivity contribution in [2.75, 3.05) is 5.32 Å². The van der Waals surface area contributed by atoms with Gasteiger partial charge < -0.3 is 5.32 Å². The van der Waals surface area contributed by atoms with Crippen molar-refractivity contribution in [3.8, 4) is 0 Å². The van der Waals surface area contributed by atoms with Gasteiger partial charge in [-0.3, -0.25) is 0 Å². The second kappa shape index (κ2) is 6.44. The van der Waals surface area contributed by atoms with E-state index >= 15 is 0 Å². The average molecular weight is 304 g/mol. The molecule has 1 aromatic heterocycles. The van der Waals surface area contributed by atoms with Crippen LogP contribution in [0.3, 0.4) is 0 Å². The Bertz CT molecular complexity index is 618. The van der Waals surface area contributed by atoms with Crippen LogP contribution in [0.5, 0.6) is 0 Å². The average Bonchev–Trinajstić information content (AvgIpc) is 2.37. The van der Waals surface area contributed by atoms with Crippen LogP contribution >= 0.6 is 11.6 Å². The van der Waals surface area contributed by atoms with E-state index in [1.54, 1.807) is 6.07 Å². The van der Waals surface area contributed by atoms with Gasteiger partial charge in [-0.25, -0.2) is 9.97 Å². The van der Waals surface area contributed by atoms with Crippen molar-refractivity contribution in [3.05, 3.63) is 46.9 Å². The molecule has 0 bridgehead atoms. The molecule has 1 heterocycles. The Hall–Kier alpha value is -1.61. The fourth-order valence-corrected chi connectivity index (χ4v) is 2.45. The highest BCUT2D eigenvalue weighted by Crippen LogP contribution is 2.31. The maximum absolute atomic E-state index is 6.09. The van der Waals surface area contributed by atoms with Crippen molar-refractivity contribution >= 4 is 23.1 Å². The van der Waals surface area contributed by atoms with Gasteiger partial charge in [-0.2, -0.15) is 0 Å². The quantitative estimate of drug-likeness (QED) is 0.796. The minimum absolute atomic E-state index is 0.0622. The first-order valence-corrected chi connectivity index (χ1v) is 7.68. The molecule has 0 amide bonds. The third kappa shape index (κ3) is 4.18. The first-order chi connectivity index (χ1) is 9.90. The number of benzene rings is 1. The Morgan fingerprint density at radius 3 is 2.52 bits per heavy atom. The highest BCUT2D eigenvalue weighted by Gasteiger charge is 2.17. The van der Waals surface area contributed by atoms with Crippen molar-refractivity contribution < 1.29 is 0 Å². The highest BCUT2D eigenvalue weighted by molar-refractivity contribution is 6.29. The normalized spacial score (nSPS) is 11.5. The van der Waals surface area contributed by atoms with Crippen LogP contribution in [0.25, 0.3) is 0 Å². The van der Waals surface area contributed by atoms with Gasteiger partial charge in [0.05, 0.1) is 0 Å². The maximum Gasteiger partial charge on any atom is 0.135 e. The first-order valence-electron chi connectivity index (χ1n) is 7.30. The lowest BCUT2D eigenvalue weighted by atomic mass is 9.86. The number of nitrogens with zero attached hydrogens (tertiary/aromatic N) is 2. The second-order valence-corrected chi connectivity index (χ2v) is 6.55. The molecule has 0 unspecified atom stereocenters. The van der Waals surface area contributed by atoms with Gasteiger partial charge in [-0.15, -0.1) is 0 Å². The van der Waals surface area contributed by atoms with Crippen molar-refractivity contribution in [1.82, 2.24) is 9.97 Å². The summed E-state index contributed by atoms with van der Waals surface area (Å²) in [4.78, 5) is 8.79. The number of nitrogens with one attached hydrogen (secondary N) is 1. The summed E-state index contributed by atoms with van der Waals surface area (Å²) in [7, 11) is 0. The van der Waals surface area contributed by atoms with Crippen molar-refractivity contribution in [1.29, 1.82) is 0 Å². The number of anilines is 2. The van der Waals surface area contributed by atoms with Crippen molar-refractivity contribution in [3.63, 3.8) is 0 Å². The van der Waals surface area contributed by atoms with Crippen LogP contribution in [-0.4, -0.2) is 9.97 Å². The summed E-state index contributed by atoms with van der Waals surface area (Å²) in [5.41, 5.74) is 2.37. The summed E-state index contributed by atoms with van der Waals surface area (Å²) in [6.45, 7) is 8.70. The van der Waals surface area contributed by atoms with E-state index in [1.165, 1.54) is 5.56 Å². The molecular weight excluding hydrogens is 282 g/mol. The van der Waals surface area contributed by atoms with Crippen LogP contribution in [0, 0.1) is 0 Å². The molecule has 2 rings (SSSR count). The Labute approximate surface area is 131 Å². The van der Waals surface area contributed by atoms with E-state index in [2.05, 4.69) is 61.2 Å². The minimum Gasteiger partial charge on any atom is -0.340 e. The molecule has 0 saturated carbocycles. The van der Waals surface area contributed by atoms with Crippen LogP contribution in [0.15, 0.2) is 30.3 Å². The molecule has 0 radical (unpaired) electrons.